The van der Waals surface area contributed by atoms with Crippen LogP contribution in [0, 0.1) is 12.7 Å². The second-order valence-corrected chi connectivity index (χ2v) is 4.33. The maximum atomic E-state index is 13.8. The lowest BCUT2D eigenvalue weighted by Crippen LogP contribution is -1.91. The number of hydrogen-bond donors (Lipinski definition) is 1. The van der Waals surface area contributed by atoms with Crippen LogP contribution in [0.15, 0.2) is 41.1 Å². The normalized spacial score (nSPS) is 10.7. The zero-order chi connectivity index (χ0) is 14.1. The zero-order valence-corrected chi connectivity index (χ0v) is 10.7. The first-order chi connectivity index (χ1) is 9.65. The van der Waals surface area contributed by atoms with Crippen LogP contribution in [0.1, 0.15) is 5.56 Å². The predicted octanol–water partition coefficient (Wildman–Crippen LogP) is 2.83. The summed E-state index contributed by atoms with van der Waals surface area (Å²) in [7, 11) is 0. The van der Waals surface area contributed by atoms with Crippen LogP contribution in [-0.4, -0.2) is 15.1 Å². The minimum Gasteiger partial charge on any atom is -0.399 e. The molecule has 0 fully saturated rings. The van der Waals surface area contributed by atoms with Crippen molar-refractivity contribution in [3.8, 4) is 23.0 Å². The molecule has 0 saturated carbocycles. The van der Waals surface area contributed by atoms with Crippen molar-refractivity contribution in [3.05, 3.63) is 47.9 Å². The first kappa shape index (κ1) is 12.3. The smallest absolute Gasteiger partial charge is 0.261 e. The van der Waals surface area contributed by atoms with Gasteiger partial charge in [0.2, 0.25) is 5.82 Å². The van der Waals surface area contributed by atoms with Gasteiger partial charge in [-0.15, -0.1) is 0 Å². The molecule has 20 heavy (non-hydrogen) atoms. The molecule has 0 unspecified atom stereocenters. The molecule has 5 nitrogen and oxygen atoms in total. The molecule has 2 aromatic heterocycles. The van der Waals surface area contributed by atoms with Crippen molar-refractivity contribution < 1.29 is 8.91 Å². The lowest BCUT2D eigenvalue weighted by molar-refractivity contribution is 0.429. The highest BCUT2D eigenvalue weighted by Gasteiger charge is 2.16. The summed E-state index contributed by atoms with van der Waals surface area (Å²) in [6, 6.07) is 8.01. The lowest BCUT2D eigenvalue weighted by atomic mass is 10.2. The zero-order valence-electron chi connectivity index (χ0n) is 10.7. The molecule has 0 spiro atoms. The number of nitrogens with zero attached hydrogens (tertiary/aromatic N) is 3. The highest BCUT2D eigenvalue weighted by molar-refractivity contribution is 5.61. The first-order valence-corrected chi connectivity index (χ1v) is 5.96. The largest absolute Gasteiger partial charge is 0.399 e. The van der Waals surface area contributed by atoms with Gasteiger partial charge in [0.25, 0.3) is 5.89 Å². The Labute approximate surface area is 114 Å². The van der Waals surface area contributed by atoms with Crippen LogP contribution in [-0.2, 0) is 0 Å². The number of pyridine rings is 1. The van der Waals surface area contributed by atoms with Gasteiger partial charge in [-0.25, -0.2) is 4.39 Å². The minimum atomic E-state index is -0.502. The van der Waals surface area contributed by atoms with Crippen molar-refractivity contribution in [2.45, 2.75) is 6.92 Å². The van der Waals surface area contributed by atoms with Crippen LogP contribution < -0.4 is 5.73 Å². The van der Waals surface area contributed by atoms with E-state index in [2.05, 4.69) is 15.1 Å². The molecule has 1 aromatic carbocycles. The summed E-state index contributed by atoms with van der Waals surface area (Å²) >= 11 is 0. The number of rotatable bonds is 2. The molecule has 0 saturated heterocycles. The number of aromatic nitrogens is 3. The Bertz CT molecular complexity index is 769. The SMILES string of the molecule is Cc1cccnc1-c1noc(-c2ccc(N)cc2F)n1. The third-order valence-corrected chi connectivity index (χ3v) is 2.87. The van der Waals surface area contributed by atoms with Gasteiger partial charge in [0, 0.05) is 11.9 Å². The maximum Gasteiger partial charge on any atom is 0.261 e. The molecule has 2 N–H and O–H groups in total. The molecular weight excluding hydrogens is 259 g/mol. The van der Waals surface area contributed by atoms with E-state index in [1.807, 2.05) is 19.1 Å². The molecule has 0 radical (unpaired) electrons. The summed E-state index contributed by atoms with van der Waals surface area (Å²) in [6.45, 7) is 1.89. The van der Waals surface area contributed by atoms with E-state index >= 15 is 0 Å². The maximum absolute atomic E-state index is 13.8. The van der Waals surface area contributed by atoms with Crippen molar-refractivity contribution in [2.24, 2.45) is 0 Å². The van der Waals surface area contributed by atoms with Gasteiger partial charge in [-0.2, -0.15) is 4.98 Å². The van der Waals surface area contributed by atoms with Crippen LogP contribution in [0.3, 0.4) is 0 Å². The highest BCUT2D eigenvalue weighted by atomic mass is 19.1. The average molecular weight is 270 g/mol. The Morgan fingerprint density at radius 1 is 1.25 bits per heavy atom. The van der Waals surface area contributed by atoms with Crippen LogP contribution in [0.5, 0.6) is 0 Å². The molecule has 3 aromatic rings. The van der Waals surface area contributed by atoms with Gasteiger partial charge >= 0.3 is 0 Å². The van der Waals surface area contributed by atoms with E-state index in [4.69, 9.17) is 10.3 Å². The van der Waals surface area contributed by atoms with Gasteiger partial charge in [0.05, 0.1) is 5.56 Å². The fourth-order valence-electron chi connectivity index (χ4n) is 1.85. The Kier molecular flexibility index (Phi) is 2.90. The summed E-state index contributed by atoms with van der Waals surface area (Å²) in [5.74, 6) is -0.0742. The molecule has 3 rings (SSSR count). The molecule has 0 aliphatic heterocycles. The summed E-state index contributed by atoms with van der Waals surface area (Å²) < 4.78 is 18.9. The fourth-order valence-corrected chi connectivity index (χ4v) is 1.85. The third-order valence-electron chi connectivity index (χ3n) is 2.87. The second kappa shape index (κ2) is 4.73. The first-order valence-electron chi connectivity index (χ1n) is 5.96. The van der Waals surface area contributed by atoms with Crippen molar-refractivity contribution in [1.29, 1.82) is 0 Å². The minimum absolute atomic E-state index is 0.0996. The van der Waals surface area contributed by atoms with Gasteiger partial charge in [0.15, 0.2) is 0 Å². The van der Waals surface area contributed by atoms with E-state index < -0.39 is 5.82 Å². The Hall–Kier alpha value is -2.76. The Balaban J connectivity index is 2.04. The number of nitrogen functional groups attached to an aromatic ring is 1. The van der Waals surface area contributed by atoms with Crippen molar-refractivity contribution in [3.63, 3.8) is 0 Å². The number of halogens is 1. The standard InChI is InChI=1S/C14H11FN4O/c1-8-3-2-6-17-12(8)13-18-14(20-19-13)10-5-4-9(16)7-11(10)15/h2-7H,16H2,1H3. The fraction of sp³-hybridized carbons (Fsp3) is 0.0714. The summed E-state index contributed by atoms with van der Waals surface area (Å²) in [5, 5.41) is 3.84. The van der Waals surface area contributed by atoms with Crippen LogP contribution in [0.4, 0.5) is 10.1 Å². The van der Waals surface area contributed by atoms with Gasteiger partial charge in [0.1, 0.15) is 11.5 Å². The van der Waals surface area contributed by atoms with Crippen molar-refractivity contribution >= 4 is 5.69 Å². The number of nitrogens with two attached hydrogens (primary N) is 1. The van der Waals surface area contributed by atoms with E-state index in [1.165, 1.54) is 12.1 Å². The molecule has 0 aliphatic rings. The molecule has 6 heteroatoms. The topological polar surface area (TPSA) is 77.8 Å². The number of aryl methyl sites for hydroxylation is 1. The van der Waals surface area contributed by atoms with E-state index in [1.54, 1.807) is 12.3 Å². The Morgan fingerprint density at radius 3 is 2.85 bits per heavy atom. The number of benzene rings is 1. The van der Waals surface area contributed by atoms with Crippen molar-refractivity contribution in [1.82, 2.24) is 15.1 Å². The molecule has 100 valence electrons. The number of hydrogen-bond acceptors (Lipinski definition) is 5. The summed E-state index contributed by atoms with van der Waals surface area (Å²) in [6.07, 6.45) is 1.64. The average Bonchev–Trinajstić information content (AvgIpc) is 2.88. The van der Waals surface area contributed by atoms with Gasteiger partial charge in [-0.05, 0) is 36.8 Å². The third kappa shape index (κ3) is 2.11. The molecule has 2 heterocycles. The monoisotopic (exact) mass is 270 g/mol. The van der Waals surface area contributed by atoms with E-state index in [0.717, 1.165) is 5.56 Å². The van der Waals surface area contributed by atoms with Gasteiger partial charge in [-0.1, -0.05) is 11.2 Å². The van der Waals surface area contributed by atoms with E-state index in [-0.39, 0.29) is 11.5 Å². The molecular formula is C14H11FN4O. The molecule has 0 amide bonds. The quantitative estimate of drug-likeness (QED) is 0.724. The second-order valence-electron chi connectivity index (χ2n) is 4.33. The van der Waals surface area contributed by atoms with Crippen LogP contribution in [0.2, 0.25) is 0 Å². The highest BCUT2D eigenvalue weighted by Crippen LogP contribution is 2.25. The molecule has 0 bridgehead atoms. The number of anilines is 1. The lowest BCUT2D eigenvalue weighted by Gasteiger charge is -1.98. The van der Waals surface area contributed by atoms with Crippen molar-refractivity contribution in [2.75, 3.05) is 5.73 Å². The summed E-state index contributed by atoms with van der Waals surface area (Å²) in [5.41, 5.74) is 7.58. The van der Waals surface area contributed by atoms with Crippen LogP contribution in [0.25, 0.3) is 23.0 Å². The predicted molar refractivity (Wildman–Crippen MR) is 72.1 cm³/mol. The van der Waals surface area contributed by atoms with Gasteiger partial charge in [-0.3, -0.25) is 4.98 Å². The van der Waals surface area contributed by atoms with Gasteiger partial charge < -0.3 is 10.3 Å². The Morgan fingerprint density at radius 2 is 2.10 bits per heavy atom. The van der Waals surface area contributed by atoms with E-state index in [9.17, 15) is 4.39 Å². The summed E-state index contributed by atoms with van der Waals surface area (Å²) in [4.78, 5) is 8.37. The van der Waals surface area contributed by atoms with Crippen LogP contribution >= 0.6 is 0 Å². The molecule has 0 atom stereocenters. The molecule has 0 aliphatic carbocycles. The van der Waals surface area contributed by atoms with E-state index in [0.29, 0.717) is 17.2 Å².